The first-order valence-corrected chi connectivity index (χ1v) is 6.96. The van der Waals surface area contributed by atoms with Crippen molar-refractivity contribution >= 4 is 23.2 Å². The fourth-order valence-electron chi connectivity index (χ4n) is 5.78. The fraction of sp³-hybridized carbons (Fsp3) is 1.00. The Hall–Kier alpha value is 0.540. The smallest absolute Gasteiger partial charge is 0.121 e. The highest BCUT2D eigenvalue weighted by molar-refractivity contribution is 6.48. The van der Waals surface area contributed by atoms with E-state index in [0.717, 1.165) is 36.0 Å². The summed E-state index contributed by atoms with van der Waals surface area (Å²) in [7, 11) is 0. The Morgan fingerprint density at radius 3 is 2.53 bits per heavy atom. The van der Waals surface area contributed by atoms with Crippen LogP contribution in [0.15, 0.2) is 0 Å². The van der Waals surface area contributed by atoms with E-state index in [1.54, 1.807) is 0 Å². The van der Waals surface area contributed by atoms with Crippen LogP contribution in [0, 0.1) is 35.5 Å². The molecule has 4 bridgehead atoms. The van der Waals surface area contributed by atoms with Gasteiger partial charge in [-0.15, -0.1) is 23.2 Å². The number of rotatable bonds is 0. The summed E-state index contributed by atoms with van der Waals surface area (Å²) in [4.78, 5) is 0. The third-order valence-electron chi connectivity index (χ3n) is 6.03. The molecule has 5 fully saturated rings. The number of hydrogen-bond acceptors (Lipinski definition) is 1. The van der Waals surface area contributed by atoms with Crippen LogP contribution in [0.1, 0.15) is 19.3 Å². The molecule has 1 aliphatic heterocycles. The number of hydrogen-bond donors (Lipinski definition) is 0. The van der Waals surface area contributed by atoms with Crippen molar-refractivity contribution in [1.29, 1.82) is 0 Å². The van der Waals surface area contributed by atoms with Crippen LogP contribution in [0.4, 0.5) is 0 Å². The predicted octanol–water partition coefficient (Wildman–Crippen LogP) is 2.85. The molecule has 8 atom stereocenters. The Morgan fingerprint density at radius 2 is 1.73 bits per heavy atom. The van der Waals surface area contributed by atoms with Gasteiger partial charge in [0.2, 0.25) is 0 Å². The van der Waals surface area contributed by atoms with Crippen molar-refractivity contribution in [2.75, 3.05) is 0 Å². The lowest BCUT2D eigenvalue weighted by Gasteiger charge is -2.38. The molecule has 1 nitrogen and oxygen atoms in total. The molecule has 4 aliphatic carbocycles. The summed E-state index contributed by atoms with van der Waals surface area (Å²) in [6.07, 6.45) is 5.02. The molecule has 1 heterocycles. The van der Waals surface area contributed by atoms with Crippen molar-refractivity contribution < 1.29 is 4.74 Å². The molecule has 0 aromatic heterocycles. The largest absolute Gasteiger partial charge is 0.369 e. The highest BCUT2D eigenvalue weighted by atomic mass is 35.5. The minimum Gasteiger partial charge on any atom is -0.369 e. The van der Waals surface area contributed by atoms with Gasteiger partial charge in [-0.2, -0.15) is 0 Å². The molecule has 4 saturated carbocycles. The molecular formula is C12H14Cl2O. The van der Waals surface area contributed by atoms with Gasteiger partial charge in [-0.1, -0.05) is 0 Å². The summed E-state index contributed by atoms with van der Waals surface area (Å²) in [6.45, 7) is 0. The van der Waals surface area contributed by atoms with Crippen molar-refractivity contribution in [3.8, 4) is 0 Å². The number of epoxide rings is 1. The Kier molecular flexibility index (Phi) is 1.28. The van der Waals surface area contributed by atoms with Crippen molar-refractivity contribution in [3.63, 3.8) is 0 Å². The van der Waals surface area contributed by atoms with Crippen molar-refractivity contribution in [2.24, 2.45) is 35.5 Å². The zero-order valence-electron chi connectivity index (χ0n) is 8.40. The van der Waals surface area contributed by atoms with E-state index in [2.05, 4.69) is 0 Å². The molecule has 0 amide bonds. The normalized spacial score (nSPS) is 70.8. The molecule has 15 heavy (non-hydrogen) atoms. The van der Waals surface area contributed by atoms with E-state index in [1.807, 2.05) is 0 Å². The third-order valence-corrected chi connectivity index (χ3v) is 6.89. The fourth-order valence-corrected chi connectivity index (χ4v) is 6.64. The summed E-state index contributed by atoms with van der Waals surface area (Å²) >= 11 is 12.9. The second-order valence-corrected chi connectivity index (χ2v) is 7.89. The van der Waals surface area contributed by atoms with Crippen LogP contribution in [0.25, 0.3) is 0 Å². The number of alkyl halides is 2. The van der Waals surface area contributed by atoms with E-state index >= 15 is 0 Å². The van der Waals surface area contributed by atoms with E-state index in [0.29, 0.717) is 18.1 Å². The summed E-state index contributed by atoms with van der Waals surface area (Å²) in [5.41, 5.74) is 0. The lowest BCUT2D eigenvalue weighted by molar-refractivity contribution is 0.158. The first-order valence-electron chi connectivity index (χ1n) is 6.20. The first kappa shape index (κ1) is 8.60. The van der Waals surface area contributed by atoms with Gasteiger partial charge in [0.1, 0.15) is 4.33 Å². The third kappa shape index (κ3) is 0.798. The molecule has 1 saturated heterocycles. The van der Waals surface area contributed by atoms with Gasteiger partial charge in [-0.3, -0.25) is 0 Å². The number of halogens is 2. The maximum Gasteiger partial charge on any atom is 0.121 e. The van der Waals surface area contributed by atoms with E-state index in [4.69, 9.17) is 27.9 Å². The van der Waals surface area contributed by atoms with E-state index in [9.17, 15) is 0 Å². The van der Waals surface area contributed by atoms with Crippen LogP contribution >= 0.6 is 23.2 Å². The quantitative estimate of drug-likeness (QED) is 0.363. The van der Waals surface area contributed by atoms with Crippen molar-refractivity contribution in [3.05, 3.63) is 0 Å². The molecule has 0 unspecified atom stereocenters. The van der Waals surface area contributed by atoms with E-state index in [-0.39, 0.29) is 0 Å². The van der Waals surface area contributed by atoms with Crippen LogP contribution in [0.2, 0.25) is 0 Å². The standard InChI is InChI=1S/C12H14Cl2O/c13-12(14)3-4-1-7(12)9-6-2-5(8(4)9)10-11(6)15-10/h4-11H,1-3H2/t4-,5+,6+,7+,8+,9-,10-,11-/m1/s1. The van der Waals surface area contributed by atoms with Gasteiger partial charge in [0.25, 0.3) is 0 Å². The maximum atomic E-state index is 6.45. The zero-order chi connectivity index (χ0) is 9.95. The van der Waals surface area contributed by atoms with Crippen LogP contribution < -0.4 is 0 Å². The molecule has 5 aliphatic rings. The topological polar surface area (TPSA) is 12.5 Å². The van der Waals surface area contributed by atoms with Gasteiger partial charge in [0, 0.05) is 0 Å². The molecule has 0 aromatic carbocycles. The number of ether oxygens (including phenoxy) is 1. The van der Waals surface area contributed by atoms with Crippen molar-refractivity contribution in [1.82, 2.24) is 0 Å². The molecule has 0 radical (unpaired) electrons. The van der Waals surface area contributed by atoms with Gasteiger partial charge in [-0.25, -0.2) is 0 Å². The van der Waals surface area contributed by atoms with E-state index < -0.39 is 4.33 Å². The van der Waals surface area contributed by atoms with Gasteiger partial charge in [-0.05, 0) is 54.8 Å². The molecule has 82 valence electrons. The van der Waals surface area contributed by atoms with Crippen LogP contribution in [-0.4, -0.2) is 16.5 Å². The summed E-state index contributed by atoms with van der Waals surface area (Å²) < 4.78 is 5.38. The molecule has 0 spiro atoms. The Labute approximate surface area is 99.4 Å². The second kappa shape index (κ2) is 2.23. The molecule has 5 rings (SSSR count). The van der Waals surface area contributed by atoms with Crippen molar-refractivity contribution in [2.45, 2.75) is 35.8 Å². The summed E-state index contributed by atoms with van der Waals surface area (Å²) in [5.74, 6) is 4.83. The Morgan fingerprint density at radius 1 is 1.00 bits per heavy atom. The molecule has 3 heteroatoms. The highest BCUT2D eigenvalue weighted by Crippen LogP contribution is 2.75. The maximum absolute atomic E-state index is 6.45. The van der Waals surface area contributed by atoms with Crippen LogP contribution in [0.5, 0.6) is 0 Å². The van der Waals surface area contributed by atoms with Gasteiger partial charge >= 0.3 is 0 Å². The Bertz CT molecular complexity index is 354. The highest BCUT2D eigenvalue weighted by Gasteiger charge is 2.75. The van der Waals surface area contributed by atoms with Crippen LogP contribution in [-0.2, 0) is 4.74 Å². The SMILES string of the molecule is ClC1(Cl)C[C@H]2C[C@H]1[C@H]1[C@@H]3C[C@H]([C@H]4O[C@H]34)[C@H]21. The van der Waals surface area contributed by atoms with Gasteiger partial charge in [0.05, 0.1) is 12.2 Å². The number of fused-ring (bicyclic) bond motifs is 12. The Balaban J connectivity index is 1.61. The van der Waals surface area contributed by atoms with Gasteiger partial charge in [0.15, 0.2) is 0 Å². The summed E-state index contributed by atoms with van der Waals surface area (Å²) in [5, 5.41) is 0. The lowest BCUT2D eigenvalue weighted by atomic mass is 9.71. The molecular weight excluding hydrogens is 231 g/mol. The first-order chi connectivity index (χ1) is 7.17. The van der Waals surface area contributed by atoms with Gasteiger partial charge < -0.3 is 4.74 Å². The zero-order valence-corrected chi connectivity index (χ0v) is 9.92. The minimum atomic E-state index is -0.402. The van der Waals surface area contributed by atoms with Crippen LogP contribution in [0.3, 0.4) is 0 Å². The molecule has 0 aromatic rings. The average molecular weight is 245 g/mol. The second-order valence-electron chi connectivity index (χ2n) is 6.35. The monoisotopic (exact) mass is 244 g/mol. The summed E-state index contributed by atoms with van der Waals surface area (Å²) in [6, 6.07) is 0. The molecule has 0 N–H and O–H groups in total. The minimum absolute atomic E-state index is 0.402. The lowest BCUT2D eigenvalue weighted by Crippen LogP contribution is -2.40. The predicted molar refractivity (Wildman–Crippen MR) is 57.9 cm³/mol. The van der Waals surface area contributed by atoms with E-state index in [1.165, 1.54) is 12.8 Å². The average Bonchev–Trinajstić information content (AvgIpc) is 2.54.